The van der Waals surface area contributed by atoms with Crippen LogP contribution in [0.3, 0.4) is 0 Å². The van der Waals surface area contributed by atoms with Gasteiger partial charge in [-0.2, -0.15) is 0 Å². The molecule has 0 spiro atoms. The van der Waals surface area contributed by atoms with Crippen LogP contribution >= 0.6 is 0 Å². The number of hydrogen-bond acceptors (Lipinski definition) is 4. The first kappa shape index (κ1) is 15.1. The van der Waals surface area contributed by atoms with Gasteiger partial charge in [-0.15, -0.1) is 0 Å². The normalized spacial score (nSPS) is 11.2. The lowest BCUT2D eigenvalue weighted by Crippen LogP contribution is -2.51. The quantitative estimate of drug-likeness (QED) is 0.393. The van der Waals surface area contributed by atoms with Crippen molar-refractivity contribution in [2.24, 2.45) is 0 Å². The number of ether oxygens (including phenoxy) is 1. The Morgan fingerprint density at radius 1 is 1.19 bits per heavy atom. The minimum absolute atomic E-state index is 0.0247. The summed E-state index contributed by atoms with van der Waals surface area (Å²) in [5.41, 5.74) is 0.424. The minimum atomic E-state index is -0.346. The van der Waals surface area contributed by atoms with Gasteiger partial charge in [-0.3, -0.25) is 10.6 Å². The largest absolute Gasteiger partial charge is 0.459 e. The Morgan fingerprint density at radius 3 is 1.94 bits per heavy atom. The van der Waals surface area contributed by atoms with Crippen LogP contribution in [0.1, 0.15) is 34.6 Å². The molecule has 16 heavy (non-hydrogen) atoms. The molecule has 0 aromatic carbocycles. The monoisotopic (exact) mass is 228 g/mol. The zero-order valence-electron chi connectivity index (χ0n) is 11.0. The average Bonchev–Trinajstić information content (AvgIpc) is 2.11. The fourth-order valence-electron chi connectivity index (χ4n) is 1.23. The molecule has 0 atom stereocenters. The van der Waals surface area contributed by atoms with Crippen molar-refractivity contribution in [3.8, 4) is 0 Å². The standard InChI is InChI=1S/C12H24N2O2/c1-8(2)12(15)16-7-11(13-9(3)4)14-10(5)6/h9-11,13-14H,1,7H2,2-6H3. The molecule has 0 aliphatic heterocycles. The highest BCUT2D eigenvalue weighted by molar-refractivity contribution is 5.86. The SMILES string of the molecule is C=C(C)C(=O)OCC(NC(C)C)NC(C)C. The van der Waals surface area contributed by atoms with Gasteiger partial charge < -0.3 is 4.74 Å². The zero-order chi connectivity index (χ0) is 12.7. The molecular weight excluding hydrogens is 204 g/mol. The van der Waals surface area contributed by atoms with E-state index in [1.807, 2.05) is 0 Å². The van der Waals surface area contributed by atoms with E-state index < -0.39 is 0 Å². The van der Waals surface area contributed by atoms with Gasteiger partial charge in [0.15, 0.2) is 0 Å². The predicted molar refractivity (Wildman–Crippen MR) is 66.1 cm³/mol. The smallest absolute Gasteiger partial charge is 0.333 e. The van der Waals surface area contributed by atoms with Gasteiger partial charge in [-0.05, 0) is 34.6 Å². The van der Waals surface area contributed by atoms with Gasteiger partial charge in [0.25, 0.3) is 0 Å². The Labute approximate surface area is 98.4 Å². The molecule has 0 saturated heterocycles. The lowest BCUT2D eigenvalue weighted by atomic mass is 10.3. The minimum Gasteiger partial charge on any atom is -0.459 e. The van der Waals surface area contributed by atoms with Crippen LogP contribution in [0.4, 0.5) is 0 Å². The van der Waals surface area contributed by atoms with Crippen LogP contribution in [-0.4, -0.2) is 30.8 Å². The van der Waals surface area contributed by atoms with Crippen molar-refractivity contribution in [1.29, 1.82) is 0 Å². The van der Waals surface area contributed by atoms with Crippen LogP contribution < -0.4 is 10.6 Å². The summed E-state index contributed by atoms with van der Waals surface area (Å²) in [5.74, 6) is -0.346. The topological polar surface area (TPSA) is 50.4 Å². The first-order valence-corrected chi connectivity index (χ1v) is 5.67. The summed E-state index contributed by atoms with van der Waals surface area (Å²) in [6, 6.07) is 0.666. The van der Waals surface area contributed by atoms with Gasteiger partial charge >= 0.3 is 5.97 Å². The van der Waals surface area contributed by atoms with E-state index in [0.717, 1.165) is 0 Å². The summed E-state index contributed by atoms with van der Waals surface area (Å²) >= 11 is 0. The molecular formula is C12H24N2O2. The molecule has 0 heterocycles. The van der Waals surface area contributed by atoms with Crippen molar-refractivity contribution in [2.45, 2.75) is 52.9 Å². The van der Waals surface area contributed by atoms with Gasteiger partial charge in [0.05, 0.1) is 6.17 Å². The van der Waals surface area contributed by atoms with Crippen molar-refractivity contribution in [3.63, 3.8) is 0 Å². The van der Waals surface area contributed by atoms with E-state index in [-0.39, 0.29) is 12.1 Å². The summed E-state index contributed by atoms with van der Waals surface area (Å²) in [5, 5.41) is 6.57. The molecule has 0 unspecified atom stereocenters. The average molecular weight is 228 g/mol. The number of carbonyl (C=O) groups excluding carboxylic acids is 1. The van der Waals surface area contributed by atoms with Crippen LogP contribution in [0.25, 0.3) is 0 Å². The molecule has 4 heteroatoms. The Morgan fingerprint density at radius 2 is 1.62 bits per heavy atom. The third-order valence-electron chi connectivity index (χ3n) is 1.80. The first-order chi connectivity index (χ1) is 7.32. The Kier molecular flexibility index (Phi) is 7.01. The summed E-state index contributed by atoms with van der Waals surface area (Å²) in [7, 11) is 0. The molecule has 0 aromatic rings. The van der Waals surface area contributed by atoms with Crippen LogP contribution in [-0.2, 0) is 9.53 Å². The lowest BCUT2D eigenvalue weighted by molar-refractivity contribution is -0.140. The second-order valence-corrected chi connectivity index (χ2v) is 4.57. The van der Waals surface area contributed by atoms with Crippen LogP contribution in [0.15, 0.2) is 12.2 Å². The molecule has 4 nitrogen and oxygen atoms in total. The summed E-state index contributed by atoms with van der Waals surface area (Å²) in [6.07, 6.45) is -0.0247. The Hall–Kier alpha value is -0.870. The fraction of sp³-hybridized carbons (Fsp3) is 0.750. The van der Waals surface area contributed by atoms with Crippen LogP contribution in [0, 0.1) is 0 Å². The summed E-state index contributed by atoms with van der Waals surface area (Å²) in [6.45, 7) is 13.7. The predicted octanol–water partition coefficient (Wildman–Crippen LogP) is 1.43. The third kappa shape index (κ3) is 7.43. The second-order valence-electron chi connectivity index (χ2n) is 4.57. The van der Waals surface area contributed by atoms with E-state index in [1.54, 1.807) is 6.92 Å². The highest BCUT2D eigenvalue weighted by Gasteiger charge is 2.13. The molecule has 2 N–H and O–H groups in total. The van der Waals surface area contributed by atoms with E-state index in [2.05, 4.69) is 44.9 Å². The van der Waals surface area contributed by atoms with Crippen molar-refractivity contribution < 1.29 is 9.53 Å². The third-order valence-corrected chi connectivity index (χ3v) is 1.80. The summed E-state index contributed by atoms with van der Waals surface area (Å²) < 4.78 is 5.10. The fourth-order valence-corrected chi connectivity index (χ4v) is 1.23. The molecule has 0 aliphatic carbocycles. The Bertz CT molecular complexity index is 227. The van der Waals surface area contributed by atoms with Crippen LogP contribution in [0.2, 0.25) is 0 Å². The highest BCUT2D eigenvalue weighted by atomic mass is 16.5. The van der Waals surface area contributed by atoms with Crippen molar-refractivity contribution in [3.05, 3.63) is 12.2 Å². The molecule has 0 rings (SSSR count). The highest BCUT2D eigenvalue weighted by Crippen LogP contribution is 1.95. The summed E-state index contributed by atoms with van der Waals surface area (Å²) in [4.78, 5) is 11.2. The maximum absolute atomic E-state index is 11.2. The van der Waals surface area contributed by atoms with Crippen molar-refractivity contribution >= 4 is 5.97 Å². The zero-order valence-corrected chi connectivity index (χ0v) is 11.0. The number of rotatable bonds is 7. The molecule has 0 saturated carbocycles. The molecule has 0 aromatic heterocycles. The second kappa shape index (κ2) is 7.41. The number of esters is 1. The number of hydrogen-bond donors (Lipinski definition) is 2. The maximum atomic E-state index is 11.2. The lowest BCUT2D eigenvalue weighted by Gasteiger charge is -2.24. The maximum Gasteiger partial charge on any atom is 0.333 e. The molecule has 0 radical (unpaired) electrons. The Balaban J connectivity index is 4.10. The molecule has 0 aliphatic rings. The molecule has 0 fully saturated rings. The van der Waals surface area contributed by atoms with E-state index in [1.165, 1.54) is 0 Å². The van der Waals surface area contributed by atoms with Gasteiger partial charge in [-0.1, -0.05) is 6.58 Å². The molecule has 0 amide bonds. The molecule has 0 bridgehead atoms. The van der Waals surface area contributed by atoms with Crippen LogP contribution in [0.5, 0.6) is 0 Å². The van der Waals surface area contributed by atoms with Gasteiger partial charge in [0.1, 0.15) is 6.61 Å². The van der Waals surface area contributed by atoms with Gasteiger partial charge in [0, 0.05) is 17.7 Å². The van der Waals surface area contributed by atoms with E-state index >= 15 is 0 Å². The van der Waals surface area contributed by atoms with Crippen molar-refractivity contribution in [1.82, 2.24) is 10.6 Å². The van der Waals surface area contributed by atoms with E-state index in [9.17, 15) is 4.79 Å². The van der Waals surface area contributed by atoms with Crippen molar-refractivity contribution in [2.75, 3.05) is 6.61 Å². The number of nitrogens with one attached hydrogen (secondary N) is 2. The van der Waals surface area contributed by atoms with E-state index in [0.29, 0.717) is 24.3 Å². The molecule has 94 valence electrons. The van der Waals surface area contributed by atoms with Gasteiger partial charge in [-0.25, -0.2) is 4.79 Å². The number of carbonyl (C=O) groups is 1. The first-order valence-electron chi connectivity index (χ1n) is 5.67. The van der Waals surface area contributed by atoms with E-state index in [4.69, 9.17) is 4.74 Å². The van der Waals surface area contributed by atoms with Gasteiger partial charge in [0.2, 0.25) is 0 Å².